The number of thiazole rings is 1. The van der Waals surface area contributed by atoms with Crippen molar-refractivity contribution in [1.82, 2.24) is 20.1 Å². The van der Waals surface area contributed by atoms with E-state index in [0.29, 0.717) is 6.61 Å². The summed E-state index contributed by atoms with van der Waals surface area (Å²) in [7, 11) is 1.70. The zero-order valence-corrected chi connectivity index (χ0v) is 16.2. The molecule has 0 radical (unpaired) electrons. The summed E-state index contributed by atoms with van der Waals surface area (Å²) in [5.41, 5.74) is 0.837. The number of aryl methyl sites for hydroxylation is 1. The molecule has 140 valence electrons. The minimum Gasteiger partial charge on any atom is -0.384 e. The van der Waals surface area contributed by atoms with Crippen LogP contribution in [0.25, 0.3) is 0 Å². The molecule has 0 aromatic carbocycles. The van der Waals surface area contributed by atoms with Crippen LogP contribution in [0.1, 0.15) is 30.5 Å². The lowest BCUT2D eigenvalue weighted by molar-refractivity contribution is -0.149. The van der Waals surface area contributed by atoms with E-state index in [9.17, 15) is 4.79 Å². The third-order valence-corrected chi connectivity index (χ3v) is 6.42. The van der Waals surface area contributed by atoms with Gasteiger partial charge in [0.1, 0.15) is 0 Å². The minimum absolute atomic E-state index is 0.289. The van der Waals surface area contributed by atoms with Crippen LogP contribution in [0.3, 0.4) is 0 Å². The third kappa shape index (κ3) is 4.39. The van der Waals surface area contributed by atoms with Crippen molar-refractivity contribution in [3.8, 4) is 0 Å². The van der Waals surface area contributed by atoms with Crippen molar-refractivity contribution in [2.45, 2.75) is 32.7 Å². The summed E-state index contributed by atoms with van der Waals surface area (Å²) in [4.78, 5) is 22.3. The smallest absolute Gasteiger partial charge is 0.231 e. The predicted octanol–water partition coefficient (Wildman–Crippen LogP) is 1.37. The monoisotopic (exact) mass is 366 g/mol. The van der Waals surface area contributed by atoms with Gasteiger partial charge in [-0.2, -0.15) is 0 Å². The molecule has 0 unspecified atom stereocenters. The molecule has 25 heavy (non-hydrogen) atoms. The third-order valence-electron chi connectivity index (χ3n) is 5.38. The lowest BCUT2D eigenvalue weighted by Gasteiger charge is -2.42. The van der Waals surface area contributed by atoms with Crippen molar-refractivity contribution in [2.24, 2.45) is 5.41 Å². The fraction of sp³-hybridized carbons (Fsp3) is 0.778. The van der Waals surface area contributed by atoms with Crippen molar-refractivity contribution in [3.05, 3.63) is 16.1 Å². The molecule has 2 saturated heterocycles. The summed E-state index contributed by atoms with van der Waals surface area (Å²) in [6.07, 6.45) is 2.75. The van der Waals surface area contributed by atoms with Gasteiger partial charge in [-0.1, -0.05) is 6.92 Å². The number of carbonyl (C=O) groups excluding carboxylic acids is 1. The number of aromatic nitrogens is 1. The van der Waals surface area contributed by atoms with Crippen molar-refractivity contribution in [3.63, 3.8) is 0 Å². The summed E-state index contributed by atoms with van der Waals surface area (Å²) in [5, 5.41) is 6.73. The molecular weight excluding hydrogens is 336 g/mol. The Morgan fingerprint density at radius 2 is 2.04 bits per heavy atom. The molecule has 1 N–H and O–H groups in total. The van der Waals surface area contributed by atoms with E-state index in [1.165, 1.54) is 5.01 Å². The van der Waals surface area contributed by atoms with Gasteiger partial charge in [0.2, 0.25) is 5.91 Å². The minimum atomic E-state index is -0.326. The van der Waals surface area contributed by atoms with Crippen LogP contribution in [-0.4, -0.2) is 73.7 Å². The first-order valence-corrected chi connectivity index (χ1v) is 10.2. The highest BCUT2D eigenvalue weighted by Crippen LogP contribution is 2.32. The molecule has 3 heterocycles. The zero-order valence-electron chi connectivity index (χ0n) is 15.4. The second-order valence-electron chi connectivity index (χ2n) is 7.12. The fourth-order valence-electron chi connectivity index (χ4n) is 3.86. The zero-order chi connectivity index (χ0) is 17.7. The number of carbonyl (C=O) groups is 1. The van der Waals surface area contributed by atoms with E-state index in [-0.39, 0.29) is 11.3 Å². The van der Waals surface area contributed by atoms with Gasteiger partial charge in [-0.3, -0.25) is 9.69 Å². The van der Waals surface area contributed by atoms with Crippen LogP contribution in [-0.2, 0) is 22.5 Å². The molecule has 2 aliphatic heterocycles. The SMILES string of the molecule is CCc1nc(CN2CCN(C(=O)C3(COC)CCNCC3)CC2)cs1. The second kappa shape index (κ2) is 8.58. The predicted molar refractivity (Wildman–Crippen MR) is 99.8 cm³/mol. The van der Waals surface area contributed by atoms with Crippen molar-refractivity contribution in [1.29, 1.82) is 0 Å². The molecule has 1 aromatic heterocycles. The number of hydrogen-bond donors (Lipinski definition) is 1. The largest absolute Gasteiger partial charge is 0.384 e. The average Bonchev–Trinajstić information content (AvgIpc) is 3.10. The van der Waals surface area contributed by atoms with Gasteiger partial charge in [0.05, 0.1) is 22.7 Å². The second-order valence-corrected chi connectivity index (χ2v) is 8.06. The van der Waals surface area contributed by atoms with Gasteiger partial charge < -0.3 is 15.0 Å². The number of amides is 1. The maximum absolute atomic E-state index is 13.2. The molecule has 0 spiro atoms. The van der Waals surface area contributed by atoms with Crippen LogP contribution in [0.4, 0.5) is 0 Å². The fourth-order valence-corrected chi connectivity index (χ4v) is 4.60. The summed E-state index contributed by atoms with van der Waals surface area (Å²) in [6.45, 7) is 8.84. The number of ether oxygens (including phenoxy) is 1. The van der Waals surface area contributed by atoms with Crippen LogP contribution in [0.15, 0.2) is 5.38 Å². The number of methoxy groups -OCH3 is 1. The van der Waals surface area contributed by atoms with Crippen LogP contribution in [0, 0.1) is 5.41 Å². The lowest BCUT2D eigenvalue weighted by Crippen LogP contribution is -2.56. The Balaban J connectivity index is 1.54. The van der Waals surface area contributed by atoms with Gasteiger partial charge in [0.15, 0.2) is 0 Å². The Bertz CT molecular complexity index is 558. The Labute approximate surface area is 154 Å². The number of hydrogen-bond acceptors (Lipinski definition) is 6. The molecule has 0 bridgehead atoms. The van der Waals surface area contributed by atoms with E-state index >= 15 is 0 Å². The Kier molecular flexibility index (Phi) is 6.44. The normalized spacial score (nSPS) is 21.4. The van der Waals surface area contributed by atoms with Gasteiger partial charge in [0.25, 0.3) is 0 Å². The molecule has 0 atom stereocenters. The number of piperidine rings is 1. The standard InChI is InChI=1S/C18H30N4O2S/c1-3-16-20-15(13-25-16)12-21-8-10-22(11-9-21)17(23)18(14-24-2)4-6-19-7-5-18/h13,19H,3-12,14H2,1-2H3. The van der Waals surface area contributed by atoms with Crippen LogP contribution in [0.2, 0.25) is 0 Å². The summed E-state index contributed by atoms with van der Waals surface area (Å²) < 4.78 is 5.42. The van der Waals surface area contributed by atoms with E-state index in [2.05, 4.69) is 32.4 Å². The Morgan fingerprint density at radius 3 is 2.64 bits per heavy atom. The topological polar surface area (TPSA) is 57.7 Å². The van der Waals surface area contributed by atoms with Gasteiger partial charge >= 0.3 is 0 Å². The van der Waals surface area contributed by atoms with Gasteiger partial charge in [-0.25, -0.2) is 4.98 Å². The highest BCUT2D eigenvalue weighted by Gasteiger charge is 2.42. The van der Waals surface area contributed by atoms with E-state index < -0.39 is 0 Å². The van der Waals surface area contributed by atoms with Crippen molar-refractivity contribution < 1.29 is 9.53 Å². The van der Waals surface area contributed by atoms with Crippen molar-refractivity contribution >= 4 is 17.2 Å². The summed E-state index contributed by atoms with van der Waals surface area (Å²) >= 11 is 1.75. The van der Waals surface area contributed by atoms with Crippen LogP contribution >= 0.6 is 11.3 Å². The molecule has 3 rings (SSSR count). The number of rotatable bonds is 6. The first kappa shape index (κ1) is 18.8. The van der Waals surface area contributed by atoms with Gasteiger partial charge in [-0.05, 0) is 32.4 Å². The highest BCUT2D eigenvalue weighted by molar-refractivity contribution is 7.09. The molecular formula is C18H30N4O2S. The molecule has 1 aromatic rings. The quantitative estimate of drug-likeness (QED) is 0.824. The maximum Gasteiger partial charge on any atom is 0.231 e. The average molecular weight is 367 g/mol. The van der Waals surface area contributed by atoms with Crippen LogP contribution < -0.4 is 5.32 Å². The number of piperazine rings is 1. The van der Waals surface area contributed by atoms with Crippen LogP contribution in [0.5, 0.6) is 0 Å². The van der Waals surface area contributed by atoms with Gasteiger partial charge in [-0.15, -0.1) is 11.3 Å². The summed E-state index contributed by atoms with van der Waals surface area (Å²) in [6, 6.07) is 0. The Morgan fingerprint density at radius 1 is 1.32 bits per heavy atom. The first-order valence-electron chi connectivity index (χ1n) is 9.31. The van der Waals surface area contributed by atoms with E-state index in [4.69, 9.17) is 4.74 Å². The molecule has 6 nitrogen and oxygen atoms in total. The van der Waals surface area contributed by atoms with E-state index in [0.717, 1.165) is 70.8 Å². The first-order chi connectivity index (χ1) is 12.2. The lowest BCUT2D eigenvalue weighted by atomic mass is 9.78. The van der Waals surface area contributed by atoms with Gasteiger partial charge in [0, 0.05) is 45.2 Å². The number of nitrogens with zero attached hydrogens (tertiary/aromatic N) is 3. The highest BCUT2D eigenvalue weighted by atomic mass is 32.1. The number of nitrogens with one attached hydrogen (secondary N) is 1. The molecule has 7 heteroatoms. The molecule has 2 fully saturated rings. The molecule has 0 saturated carbocycles. The summed E-state index contributed by atoms with van der Waals surface area (Å²) in [5.74, 6) is 0.289. The van der Waals surface area contributed by atoms with E-state index in [1.807, 2.05) is 0 Å². The molecule has 0 aliphatic carbocycles. The van der Waals surface area contributed by atoms with Crippen molar-refractivity contribution in [2.75, 3.05) is 53.0 Å². The van der Waals surface area contributed by atoms with E-state index in [1.54, 1.807) is 18.4 Å². The Hall–Kier alpha value is -1.02. The molecule has 2 aliphatic rings. The molecule has 1 amide bonds. The maximum atomic E-state index is 13.2.